The largest absolute Gasteiger partial charge is 0.507 e. The number of nitrogens with one attached hydrogen (secondary N) is 2. The lowest BCUT2D eigenvalue weighted by Gasteiger charge is -2.05. The molecule has 0 atom stereocenters. The highest BCUT2D eigenvalue weighted by Gasteiger charge is 2.09. The van der Waals surface area contributed by atoms with E-state index in [4.69, 9.17) is 0 Å². The van der Waals surface area contributed by atoms with Gasteiger partial charge in [0.2, 0.25) is 11.8 Å². The minimum Gasteiger partial charge on any atom is -0.507 e. The molecule has 0 aliphatic heterocycles. The summed E-state index contributed by atoms with van der Waals surface area (Å²) < 4.78 is 13.4. The fourth-order valence-corrected chi connectivity index (χ4v) is 1.83. The van der Waals surface area contributed by atoms with Crippen LogP contribution in [0.25, 0.3) is 0 Å². The van der Waals surface area contributed by atoms with Crippen LogP contribution in [-0.4, -0.2) is 23.1 Å². The van der Waals surface area contributed by atoms with Crippen molar-refractivity contribution in [1.29, 1.82) is 0 Å². The van der Waals surface area contributed by atoms with Gasteiger partial charge in [0.1, 0.15) is 11.6 Å². The fraction of sp³-hybridized carbons (Fsp3) is 0.118. The van der Waals surface area contributed by atoms with Gasteiger partial charge in [0.05, 0.1) is 11.9 Å². The SMILES string of the molecule is O=C(CCC(=O)Nc1ccccc1F)NN=Cc1ccccc1O. The van der Waals surface area contributed by atoms with Crippen molar-refractivity contribution in [1.82, 2.24) is 5.43 Å². The standard InChI is InChI=1S/C17H16FN3O3/c18-13-6-2-3-7-14(13)20-16(23)9-10-17(24)21-19-11-12-5-1-4-8-15(12)22/h1-8,11,22H,9-10H2,(H,20,23)(H,21,24). The maximum absolute atomic E-state index is 13.4. The molecule has 7 heteroatoms. The first-order chi connectivity index (χ1) is 11.6. The molecule has 24 heavy (non-hydrogen) atoms. The van der Waals surface area contributed by atoms with Crippen molar-refractivity contribution in [3.63, 3.8) is 0 Å². The van der Waals surface area contributed by atoms with Gasteiger partial charge in [-0.1, -0.05) is 24.3 Å². The van der Waals surface area contributed by atoms with Crippen molar-refractivity contribution in [2.45, 2.75) is 12.8 Å². The molecule has 0 aromatic heterocycles. The monoisotopic (exact) mass is 329 g/mol. The first kappa shape index (κ1) is 17.1. The molecule has 2 aromatic carbocycles. The topological polar surface area (TPSA) is 90.8 Å². The van der Waals surface area contributed by atoms with E-state index in [0.29, 0.717) is 5.56 Å². The van der Waals surface area contributed by atoms with Crippen molar-refractivity contribution in [2.75, 3.05) is 5.32 Å². The normalized spacial score (nSPS) is 10.5. The van der Waals surface area contributed by atoms with Crippen LogP contribution in [0.15, 0.2) is 53.6 Å². The van der Waals surface area contributed by atoms with E-state index in [9.17, 15) is 19.1 Å². The molecule has 0 saturated carbocycles. The Bertz CT molecular complexity index is 762. The highest BCUT2D eigenvalue weighted by Crippen LogP contribution is 2.13. The van der Waals surface area contributed by atoms with E-state index in [-0.39, 0.29) is 24.3 Å². The van der Waals surface area contributed by atoms with Crippen molar-refractivity contribution < 1.29 is 19.1 Å². The molecule has 6 nitrogen and oxygen atoms in total. The molecule has 0 fully saturated rings. The predicted octanol–water partition coefficient (Wildman–Crippen LogP) is 2.40. The highest BCUT2D eigenvalue weighted by molar-refractivity contribution is 5.93. The Labute approximate surface area is 138 Å². The van der Waals surface area contributed by atoms with E-state index in [1.165, 1.54) is 30.5 Å². The van der Waals surface area contributed by atoms with Gasteiger partial charge in [0, 0.05) is 18.4 Å². The summed E-state index contributed by atoms with van der Waals surface area (Å²) in [7, 11) is 0. The number of carbonyl (C=O) groups excluding carboxylic acids is 2. The highest BCUT2D eigenvalue weighted by atomic mass is 19.1. The Morgan fingerprint density at radius 2 is 1.71 bits per heavy atom. The molecule has 0 heterocycles. The van der Waals surface area contributed by atoms with Crippen LogP contribution in [0, 0.1) is 5.82 Å². The molecule has 2 rings (SSSR count). The fourth-order valence-electron chi connectivity index (χ4n) is 1.83. The van der Waals surface area contributed by atoms with Crippen LogP contribution in [0.3, 0.4) is 0 Å². The number of amides is 2. The van der Waals surface area contributed by atoms with E-state index in [0.717, 1.165) is 0 Å². The van der Waals surface area contributed by atoms with Gasteiger partial charge in [-0.25, -0.2) is 9.82 Å². The lowest BCUT2D eigenvalue weighted by molar-refractivity contribution is -0.124. The maximum Gasteiger partial charge on any atom is 0.240 e. The van der Waals surface area contributed by atoms with Crippen LogP contribution in [0.5, 0.6) is 5.75 Å². The van der Waals surface area contributed by atoms with E-state index in [2.05, 4.69) is 15.8 Å². The van der Waals surface area contributed by atoms with Crippen LogP contribution in [0.1, 0.15) is 18.4 Å². The first-order valence-corrected chi connectivity index (χ1v) is 7.20. The van der Waals surface area contributed by atoms with E-state index >= 15 is 0 Å². The van der Waals surface area contributed by atoms with Crippen LogP contribution in [0.4, 0.5) is 10.1 Å². The Hall–Kier alpha value is -3.22. The van der Waals surface area contributed by atoms with Crippen LogP contribution < -0.4 is 10.7 Å². The zero-order valence-corrected chi connectivity index (χ0v) is 12.7. The van der Waals surface area contributed by atoms with Crippen molar-refractivity contribution >= 4 is 23.7 Å². The number of para-hydroxylation sites is 2. The van der Waals surface area contributed by atoms with Gasteiger partial charge in [-0.3, -0.25) is 9.59 Å². The molecular weight excluding hydrogens is 313 g/mol. The third kappa shape index (κ3) is 5.20. The number of anilines is 1. The molecule has 0 radical (unpaired) electrons. The summed E-state index contributed by atoms with van der Waals surface area (Å²) in [6.45, 7) is 0. The molecule has 0 spiro atoms. The summed E-state index contributed by atoms with van der Waals surface area (Å²) in [5.41, 5.74) is 2.78. The number of hydrazone groups is 1. The number of phenolic OH excluding ortho intramolecular Hbond substituents is 1. The molecular formula is C17H16FN3O3. The van der Waals surface area contributed by atoms with E-state index < -0.39 is 17.6 Å². The van der Waals surface area contributed by atoms with E-state index in [1.807, 2.05) is 0 Å². The number of carbonyl (C=O) groups is 2. The third-order valence-electron chi connectivity index (χ3n) is 3.06. The summed E-state index contributed by atoms with van der Waals surface area (Å²) in [6, 6.07) is 12.3. The van der Waals surface area contributed by atoms with Crippen molar-refractivity contribution in [3.05, 3.63) is 59.9 Å². The number of phenols is 1. The number of nitrogens with zero attached hydrogens (tertiary/aromatic N) is 1. The van der Waals surface area contributed by atoms with Crippen molar-refractivity contribution in [2.24, 2.45) is 5.10 Å². The maximum atomic E-state index is 13.4. The summed E-state index contributed by atoms with van der Waals surface area (Å²) >= 11 is 0. The second-order valence-electron chi connectivity index (χ2n) is 4.88. The Balaban J connectivity index is 1.76. The van der Waals surface area contributed by atoms with E-state index in [1.54, 1.807) is 24.3 Å². The average molecular weight is 329 g/mol. The third-order valence-corrected chi connectivity index (χ3v) is 3.06. The molecule has 0 bridgehead atoms. The summed E-state index contributed by atoms with van der Waals surface area (Å²) in [5.74, 6) is -1.44. The number of hydrogen-bond donors (Lipinski definition) is 3. The zero-order valence-electron chi connectivity index (χ0n) is 12.7. The Morgan fingerprint density at radius 1 is 1.04 bits per heavy atom. The number of halogens is 1. The van der Waals surface area contributed by atoms with Gasteiger partial charge in [-0.2, -0.15) is 5.10 Å². The molecule has 0 aliphatic rings. The molecule has 0 saturated heterocycles. The van der Waals surface area contributed by atoms with Gasteiger partial charge in [0.25, 0.3) is 0 Å². The Morgan fingerprint density at radius 3 is 2.46 bits per heavy atom. The van der Waals surface area contributed by atoms with Gasteiger partial charge in [-0.15, -0.1) is 0 Å². The van der Waals surface area contributed by atoms with Gasteiger partial charge in [-0.05, 0) is 24.3 Å². The van der Waals surface area contributed by atoms with Crippen LogP contribution in [-0.2, 0) is 9.59 Å². The number of rotatable bonds is 6. The van der Waals surface area contributed by atoms with Gasteiger partial charge in [0.15, 0.2) is 0 Å². The second kappa shape index (κ2) is 8.42. The Kier molecular flexibility index (Phi) is 6.01. The zero-order chi connectivity index (χ0) is 17.4. The molecule has 124 valence electrons. The predicted molar refractivity (Wildman–Crippen MR) is 88.1 cm³/mol. The minimum absolute atomic E-state index is 0.0414. The summed E-state index contributed by atoms with van der Waals surface area (Å²) in [5, 5.41) is 15.6. The summed E-state index contributed by atoms with van der Waals surface area (Å²) in [6.07, 6.45) is 1.09. The lowest BCUT2D eigenvalue weighted by atomic mass is 10.2. The van der Waals surface area contributed by atoms with Gasteiger partial charge < -0.3 is 10.4 Å². The molecule has 0 unspecified atom stereocenters. The number of hydrogen-bond acceptors (Lipinski definition) is 4. The second-order valence-corrected chi connectivity index (χ2v) is 4.88. The van der Waals surface area contributed by atoms with Gasteiger partial charge >= 0.3 is 0 Å². The minimum atomic E-state index is -0.539. The van der Waals surface area contributed by atoms with Crippen molar-refractivity contribution in [3.8, 4) is 5.75 Å². The molecule has 0 aliphatic carbocycles. The first-order valence-electron chi connectivity index (χ1n) is 7.20. The average Bonchev–Trinajstić information content (AvgIpc) is 2.57. The quantitative estimate of drug-likeness (QED) is 0.561. The smallest absolute Gasteiger partial charge is 0.240 e. The van der Waals surface area contributed by atoms with Crippen LogP contribution >= 0.6 is 0 Å². The van der Waals surface area contributed by atoms with Crippen LogP contribution in [0.2, 0.25) is 0 Å². The molecule has 2 amide bonds. The molecule has 3 N–H and O–H groups in total. The number of aromatic hydroxyl groups is 1. The summed E-state index contributed by atoms with van der Waals surface area (Å²) in [4.78, 5) is 23.3. The number of benzene rings is 2. The molecule has 2 aromatic rings. The lowest BCUT2D eigenvalue weighted by Crippen LogP contribution is -2.20.